The zero-order valence-electron chi connectivity index (χ0n) is 19.6. The molecule has 2 aromatic carbocycles. The maximum atomic E-state index is 13.8. The third-order valence-electron chi connectivity index (χ3n) is 6.56. The number of halogens is 1. The van der Waals surface area contributed by atoms with Crippen LogP contribution in [0.2, 0.25) is 0 Å². The van der Waals surface area contributed by atoms with E-state index in [1.807, 2.05) is 0 Å². The SMILES string of the molecule is Cc1c(F)cccc1OC(=O)N1CC(C(=O)O)CC(C(O)c2cccc(O[C@H]3CCCCO3)c2)C1. The summed E-state index contributed by atoms with van der Waals surface area (Å²) in [4.78, 5) is 25.9. The summed E-state index contributed by atoms with van der Waals surface area (Å²) in [5, 5.41) is 20.8. The van der Waals surface area contributed by atoms with E-state index in [1.54, 1.807) is 24.3 Å². The molecule has 1 amide bonds. The molecule has 0 radical (unpaired) electrons. The molecular formula is C26H30FNO7. The number of aliphatic hydroxyl groups is 1. The molecule has 2 N–H and O–H groups in total. The molecular weight excluding hydrogens is 457 g/mol. The number of aliphatic carboxylic acids is 1. The number of carboxylic acids is 1. The van der Waals surface area contributed by atoms with Crippen LogP contribution >= 0.6 is 0 Å². The summed E-state index contributed by atoms with van der Waals surface area (Å²) in [5.41, 5.74) is 0.742. The van der Waals surface area contributed by atoms with Crippen molar-refractivity contribution in [2.24, 2.45) is 11.8 Å². The molecule has 2 fully saturated rings. The zero-order valence-corrected chi connectivity index (χ0v) is 19.6. The van der Waals surface area contributed by atoms with E-state index < -0.39 is 35.8 Å². The number of hydrogen-bond donors (Lipinski definition) is 2. The molecule has 2 aromatic rings. The molecule has 4 atom stereocenters. The molecule has 4 rings (SSSR count). The van der Waals surface area contributed by atoms with Crippen LogP contribution < -0.4 is 9.47 Å². The summed E-state index contributed by atoms with van der Waals surface area (Å²) in [6.07, 6.45) is 0.856. The highest BCUT2D eigenvalue weighted by atomic mass is 19.1. The first kappa shape index (κ1) is 24.9. The summed E-state index contributed by atoms with van der Waals surface area (Å²) >= 11 is 0. The van der Waals surface area contributed by atoms with Gasteiger partial charge in [-0.3, -0.25) is 4.79 Å². The molecule has 188 valence electrons. The minimum atomic E-state index is -1.06. The minimum absolute atomic E-state index is 0.0616. The van der Waals surface area contributed by atoms with Crippen LogP contribution in [-0.2, 0) is 9.53 Å². The third-order valence-corrected chi connectivity index (χ3v) is 6.56. The first-order chi connectivity index (χ1) is 16.8. The van der Waals surface area contributed by atoms with Gasteiger partial charge in [0.05, 0.1) is 18.6 Å². The summed E-state index contributed by atoms with van der Waals surface area (Å²) in [7, 11) is 0. The van der Waals surface area contributed by atoms with Crippen molar-refractivity contribution in [2.45, 2.75) is 45.0 Å². The van der Waals surface area contributed by atoms with Crippen LogP contribution in [0.3, 0.4) is 0 Å². The van der Waals surface area contributed by atoms with Gasteiger partial charge in [0.1, 0.15) is 17.3 Å². The Morgan fingerprint density at radius 2 is 1.97 bits per heavy atom. The molecule has 8 nitrogen and oxygen atoms in total. The fourth-order valence-electron chi connectivity index (χ4n) is 4.55. The Balaban J connectivity index is 1.48. The van der Waals surface area contributed by atoms with Crippen molar-refractivity contribution < 1.29 is 38.4 Å². The van der Waals surface area contributed by atoms with E-state index in [4.69, 9.17) is 14.2 Å². The number of carbonyl (C=O) groups is 2. The van der Waals surface area contributed by atoms with E-state index in [0.29, 0.717) is 17.9 Å². The van der Waals surface area contributed by atoms with Crippen molar-refractivity contribution in [2.75, 3.05) is 19.7 Å². The van der Waals surface area contributed by atoms with E-state index in [9.17, 15) is 24.2 Å². The van der Waals surface area contributed by atoms with E-state index in [1.165, 1.54) is 30.0 Å². The molecule has 3 unspecified atom stereocenters. The topological polar surface area (TPSA) is 106 Å². The molecule has 2 aliphatic rings. The fraction of sp³-hybridized carbons (Fsp3) is 0.462. The van der Waals surface area contributed by atoms with Crippen molar-refractivity contribution in [1.82, 2.24) is 4.90 Å². The summed E-state index contributed by atoms with van der Waals surface area (Å²) in [6.45, 7) is 2.17. The monoisotopic (exact) mass is 487 g/mol. The smallest absolute Gasteiger partial charge is 0.415 e. The Morgan fingerprint density at radius 1 is 1.17 bits per heavy atom. The fourth-order valence-corrected chi connectivity index (χ4v) is 4.55. The lowest BCUT2D eigenvalue weighted by Crippen LogP contribution is -2.48. The van der Waals surface area contributed by atoms with Crippen LogP contribution in [0.5, 0.6) is 11.5 Å². The molecule has 0 aromatic heterocycles. The van der Waals surface area contributed by atoms with Crippen LogP contribution in [0.15, 0.2) is 42.5 Å². The number of ether oxygens (including phenoxy) is 3. The zero-order chi connectivity index (χ0) is 24.9. The average molecular weight is 488 g/mol. The molecule has 9 heteroatoms. The highest BCUT2D eigenvalue weighted by Gasteiger charge is 2.38. The number of aliphatic hydroxyl groups excluding tert-OH is 1. The average Bonchev–Trinajstić information content (AvgIpc) is 2.86. The van der Waals surface area contributed by atoms with E-state index in [2.05, 4.69) is 0 Å². The number of rotatable bonds is 6. The molecule has 0 spiro atoms. The number of benzene rings is 2. The molecule has 0 saturated carbocycles. The van der Waals surface area contributed by atoms with Crippen LogP contribution in [0.4, 0.5) is 9.18 Å². The Bertz CT molecular complexity index is 1060. The minimum Gasteiger partial charge on any atom is -0.481 e. The van der Waals surface area contributed by atoms with Gasteiger partial charge in [-0.25, -0.2) is 9.18 Å². The molecule has 2 aliphatic heterocycles. The number of carbonyl (C=O) groups excluding carboxylic acids is 1. The molecule has 2 saturated heterocycles. The number of hydrogen-bond acceptors (Lipinski definition) is 6. The summed E-state index contributed by atoms with van der Waals surface area (Å²) in [5.74, 6) is -2.37. The van der Waals surface area contributed by atoms with Gasteiger partial charge in [-0.15, -0.1) is 0 Å². The Morgan fingerprint density at radius 3 is 2.71 bits per heavy atom. The van der Waals surface area contributed by atoms with Crippen molar-refractivity contribution in [3.05, 3.63) is 59.4 Å². The first-order valence-electron chi connectivity index (χ1n) is 11.8. The number of likely N-dealkylation sites (tertiary alicyclic amines) is 1. The predicted octanol–water partition coefficient (Wildman–Crippen LogP) is 4.29. The van der Waals surface area contributed by atoms with Gasteiger partial charge >= 0.3 is 12.1 Å². The van der Waals surface area contributed by atoms with Gasteiger partial charge in [-0.2, -0.15) is 0 Å². The maximum absolute atomic E-state index is 13.8. The summed E-state index contributed by atoms with van der Waals surface area (Å²) < 4.78 is 30.7. The number of amides is 1. The standard InChI is InChI=1S/C26H30FNO7/c1-16-21(27)8-5-9-22(16)35-26(32)28-14-18(12-19(15-28)25(30)31)24(29)17-6-4-7-20(13-17)34-23-10-2-3-11-33-23/h4-9,13,18-19,23-24,29H,2-3,10-12,14-15H2,1H3,(H,30,31)/t18?,19?,23-,24?/m0/s1. The molecule has 2 heterocycles. The van der Waals surface area contributed by atoms with Crippen LogP contribution in [0.25, 0.3) is 0 Å². The Labute approximate surface area is 203 Å². The van der Waals surface area contributed by atoms with Crippen LogP contribution in [0.1, 0.15) is 42.9 Å². The maximum Gasteiger partial charge on any atom is 0.415 e. The van der Waals surface area contributed by atoms with Gasteiger partial charge in [0.25, 0.3) is 0 Å². The third kappa shape index (κ3) is 6.10. The molecule has 0 aliphatic carbocycles. The highest BCUT2D eigenvalue weighted by molar-refractivity contribution is 5.74. The van der Waals surface area contributed by atoms with Gasteiger partial charge in [0, 0.05) is 31.0 Å². The number of nitrogens with zero attached hydrogens (tertiary/aromatic N) is 1. The van der Waals surface area contributed by atoms with E-state index in [0.717, 1.165) is 19.3 Å². The Hall–Kier alpha value is -3.17. The van der Waals surface area contributed by atoms with Crippen LogP contribution in [-0.4, -0.2) is 53.2 Å². The lowest BCUT2D eigenvalue weighted by Gasteiger charge is -2.37. The van der Waals surface area contributed by atoms with Gasteiger partial charge in [-0.1, -0.05) is 18.2 Å². The van der Waals surface area contributed by atoms with Crippen molar-refractivity contribution in [1.29, 1.82) is 0 Å². The van der Waals surface area contributed by atoms with Gasteiger partial charge in [0.15, 0.2) is 6.29 Å². The van der Waals surface area contributed by atoms with Crippen LogP contribution in [0, 0.1) is 24.6 Å². The normalized spacial score (nSPS) is 23.4. The molecule has 0 bridgehead atoms. The van der Waals surface area contributed by atoms with Crippen molar-refractivity contribution in [3.63, 3.8) is 0 Å². The first-order valence-corrected chi connectivity index (χ1v) is 11.8. The summed E-state index contributed by atoms with van der Waals surface area (Å²) in [6, 6.07) is 11.2. The second kappa shape index (κ2) is 11.0. The van der Waals surface area contributed by atoms with Gasteiger partial charge < -0.3 is 29.3 Å². The lowest BCUT2D eigenvalue weighted by molar-refractivity contribution is -0.144. The van der Waals surface area contributed by atoms with Gasteiger partial charge in [-0.05, 0) is 56.0 Å². The van der Waals surface area contributed by atoms with Crippen molar-refractivity contribution >= 4 is 12.1 Å². The molecule has 35 heavy (non-hydrogen) atoms. The second-order valence-corrected chi connectivity index (χ2v) is 9.10. The largest absolute Gasteiger partial charge is 0.481 e. The lowest BCUT2D eigenvalue weighted by atomic mass is 9.83. The van der Waals surface area contributed by atoms with Gasteiger partial charge in [0.2, 0.25) is 0 Å². The van der Waals surface area contributed by atoms with E-state index >= 15 is 0 Å². The highest BCUT2D eigenvalue weighted by Crippen LogP contribution is 2.34. The number of carboxylic acid groups (broad SMARTS) is 1. The van der Waals surface area contributed by atoms with E-state index in [-0.39, 0.29) is 37.1 Å². The quantitative estimate of drug-likeness (QED) is 0.626. The Kier molecular flexibility index (Phi) is 7.87. The number of piperidine rings is 1. The predicted molar refractivity (Wildman–Crippen MR) is 124 cm³/mol. The van der Waals surface area contributed by atoms with Crippen molar-refractivity contribution in [3.8, 4) is 11.5 Å². The second-order valence-electron chi connectivity index (χ2n) is 9.10.